The van der Waals surface area contributed by atoms with Gasteiger partial charge in [0.25, 0.3) is 5.91 Å². The van der Waals surface area contributed by atoms with E-state index in [1.165, 1.54) is 11.3 Å². The Balaban J connectivity index is 1.94. The summed E-state index contributed by atoms with van der Waals surface area (Å²) in [5, 5.41) is 2.73. The number of thiophene rings is 1. The molecule has 0 aliphatic heterocycles. The molecule has 132 valence electrons. The highest BCUT2D eigenvalue weighted by Crippen LogP contribution is 2.31. The number of fused-ring (bicyclic) bond motifs is 1. The fourth-order valence-corrected chi connectivity index (χ4v) is 4.53. The number of nitrogens with zero attached hydrogens (tertiary/aromatic N) is 3. The predicted octanol–water partition coefficient (Wildman–Crippen LogP) is 4.65. The topological polar surface area (TPSA) is 36.4 Å². The second-order valence-corrected chi connectivity index (χ2v) is 7.84. The molecule has 1 aromatic carbocycles. The third-order valence-corrected chi connectivity index (χ3v) is 6.25. The van der Waals surface area contributed by atoms with E-state index in [4.69, 9.17) is 4.98 Å². The largest absolute Gasteiger partial charge is 0.302 e. The summed E-state index contributed by atoms with van der Waals surface area (Å²) >= 11 is 3.07. The molecule has 0 saturated heterocycles. The fourth-order valence-electron chi connectivity index (χ4n) is 2.79. The third-order valence-electron chi connectivity index (χ3n) is 4.35. The van der Waals surface area contributed by atoms with E-state index in [0.717, 1.165) is 45.4 Å². The van der Waals surface area contributed by atoms with Crippen molar-refractivity contribution < 1.29 is 4.79 Å². The summed E-state index contributed by atoms with van der Waals surface area (Å²) in [6.07, 6.45) is 0. The number of rotatable bonds is 7. The molecular weight excluding hydrogens is 350 g/mol. The van der Waals surface area contributed by atoms with Crippen LogP contribution in [-0.4, -0.2) is 42.0 Å². The van der Waals surface area contributed by atoms with Crippen LogP contribution < -0.4 is 4.90 Å². The van der Waals surface area contributed by atoms with Crippen molar-refractivity contribution in [2.75, 3.05) is 31.1 Å². The maximum atomic E-state index is 13.0. The Bertz CT molecular complexity index is 838. The molecule has 2 aromatic heterocycles. The Labute approximate surface area is 156 Å². The van der Waals surface area contributed by atoms with Gasteiger partial charge in [0.2, 0.25) is 0 Å². The molecule has 1 amide bonds. The smallest absolute Gasteiger partial charge is 0.270 e. The number of carbonyl (C=O) groups excluding carboxylic acids is 1. The fraction of sp³-hybridized carbons (Fsp3) is 0.368. The number of hydrogen-bond donors (Lipinski definition) is 0. The summed E-state index contributed by atoms with van der Waals surface area (Å²) in [4.78, 5) is 22.8. The second kappa shape index (κ2) is 8.08. The third kappa shape index (κ3) is 3.92. The van der Waals surface area contributed by atoms with Crippen LogP contribution in [0.15, 0.2) is 35.7 Å². The first-order chi connectivity index (χ1) is 12.1. The molecule has 6 heteroatoms. The quantitative estimate of drug-likeness (QED) is 0.605. The van der Waals surface area contributed by atoms with Gasteiger partial charge in [-0.2, -0.15) is 0 Å². The first-order valence-electron chi connectivity index (χ1n) is 8.58. The number of benzene rings is 1. The maximum Gasteiger partial charge on any atom is 0.270 e. The monoisotopic (exact) mass is 373 g/mol. The molecule has 0 radical (unpaired) electrons. The number of thiazole rings is 1. The molecule has 0 N–H and O–H groups in total. The summed E-state index contributed by atoms with van der Waals surface area (Å²) in [6.45, 7) is 9.82. The van der Waals surface area contributed by atoms with Crippen LogP contribution in [0, 0.1) is 6.92 Å². The van der Waals surface area contributed by atoms with Gasteiger partial charge in [0.1, 0.15) is 0 Å². The Kier molecular flexibility index (Phi) is 5.83. The van der Waals surface area contributed by atoms with E-state index >= 15 is 0 Å². The highest BCUT2D eigenvalue weighted by atomic mass is 32.1. The molecule has 0 bridgehead atoms. The van der Waals surface area contributed by atoms with Crippen molar-refractivity contribution in [1.82, 2.24) is 9.88 Å². The van der Waals surface area contributed by atoms with Crippen LogP contribution in [0.25, 0.3) is 10.2 Å². The second-order valence-electron chi connectivity index (χ2n) is 5.88. The van der Waals surface area contributed by atoms with Gasteiger partial charge in [0.05, 0.1) is 15.1 Å². The highest BCUT2D eigenvalue weighted by Gasteiger charge is 2.22. The molecule has 4 nitrogen and oxygen atoms in total. The van der Waals surface area contributed by atoms with Gasteiger partial charge in [-0.15, -0.1) is 11.3 Å². The molecule has 0 aliphatic rings. The van der Waals surface area contributed by atoms with Crippen molar-refractivity contribution in [3.8, 4) is 0 Å². The molecule has 0 saturated carbocycles. The number of carbonyl (C=O) groups is 1. The Hall–Kier alpha value is -1.76. The summed E-state index contributed by atoms with van der Waals surface area (Å²) in [7, 11) is 0. The number of para-hydroxylation sites is 1. The van der Waals surface area contributed by atoms with Crippen LogP contribution in [0.4, 0.5) is 5.13 Å². The van der Waals surface area contributed by atoms with Crippen LogP contribution in [0.1, 0.15) is 29.1 Å². The zero-order valence-corrected chi connectivity index (χ0v) is 16.5. The van der Waals surface area contributed by atoms with Crippen LogP contribution in [0.5, 0.6) is 0 Å². The van der Waals surface area contributed by atoms with Crippen LogP contribution >= 0.6 is 22.7 Å². The van der Waals surface area contributed by atoms with Gasteiger partial charge in [-0.1, -0.05) is 43.4 Å². The van der Waals surface area contributed by atoms with E-state index < -0.39 is 0 Å². The average molecular weight is 374 g/mol. The van der Waals surface area contributed by atoms with Crippen molar-refractivity contribution in [2.24, 2.45) is 0 Å². The van der Waals surface area contributed by atoms with E-state index in [1.54, 1.807) is 11.3 Å². The Morgan fingerprint density at radius 2 is 1.92 bits per heavy atom. The zero-order chi connectivity index (χ0) is 17.8. The van der Waals surface area contributed by atoms with Gasteiger partial charge in [-0.3, -0.25) is 9.69 Å². The number of hydrogen-bond acceptors (Lipinski definition) is 5. The minimum Gasteiger partial charge on any atom is -0.302 e. The predicted molar refractivity (Wildman–Crippen MR) is 108 cm³/mol. The van der Waals surface area contributed by atoms with Crippen molar-refractivity contribution >= 4 is 43.9 Å². The van der Waals surface area contributed by atoms with Gasteiger partial charge in [-0.05, 0) is 43.1 Å². The lowest BCUT2D eigenvalue weighted by atomic mass is 10.2. The average Bonchev–Trinajstić information content (AvgIpc) is 3.28. The van der Waals surface area contributed by atoms with E-state index in [0.29, 0.717) is 6.54 Å². The molecule has 0 unspecified atom stereocenters. The van der Waals surface area contributed by atoms with Crippen LogP contribution in [-0.2, 0) is 0 Å². The number of likely N-dealkylation sites (N-methyl/N-ethyl adjacent to an activating group) is 1. The molecule has 25 heavy (non-hydrogen) atoms. The number of anilines is 1. The summed E-state index contributed by atoms with van der Waals surface area (Å²) in [6, 6.07) is 9.98. The summed E-state index contributed by atoms with van der Waals surface area (Å²) < 4.78 is 1.13. The first kappa shape index (κ1) is 18.0. The van der Waals surface area contributed by atoms with E-state index in [2.05, 4.69) is 37.8 Å². The molecule has 0 fully saturated rings. The lowest BCUT2D eigenvalue weighted by Crippen LogP contribution is -2.38. The Morgan fingerprint density at radius 1 is 1.12 bits per heavy atom. The first-order valence-corrected chi connectivity index (χ1v) is 10.3. The summed E-state index contributed by atoms with van der Waals surface area (Å²) in [5.41, 5.74) is 2.14. The van der Waals surface area contributed by atoms with Crippen molar-refractivity contribution in [3.05, 3.63) is 46.2 Å². The molecule has 2 heterocycles. The highest BCUT2D eigenvalue weighted by molar-refractivity contribution is 7.22. The standard InChI is InChI=1S/C19H23N3OS2/c1-4-21(5-2)11-12-22(18(23)16-10-7-13-24-16)19-20-17-14(3)8-6-9-15(17)25-19/h6-10,13H,4-5,11-12H2,1-3H3. The zero-order valence-electron chi connectivity index (χ0n) is 14.9. The molecule has 0 aliphatic carbocycles. The Morgan fingerprint density at radius 3 is 2.56 bits per heavy atom. The van der Waals surface area contributed by atoms with E-state index in [9.17, 15) is 4.79 Å². The van der Waals surface area contributed by atoms with Gasteiger partial charge in [0, 0.05) is 13.1 Å². The normalized spacial score (nSPS) is 11.4. The lowest BCUT2D eigenvalue weighted by Gasteiger charge is -2.24. The van der Waals surface area contributed by atoms with Crippen LogP contribution in [0.3, 0.4) is 0 Å². The van der Waals surface area contributed by atoms with E-state index in [-0.39, 0.29) is 5.91 Å². The number of amides is 1. The number of aromatic nitrogens is 1. The van der Waals surface area contributed by atoms with Gasteiger partial charge >= 0.3 is 0 Å². The minimum absolute atomic E-state index is 0.0406. The van der Waals surface area contributed by atoms with Crippen LogP contribution in [0.2, 0.25) is 0 Å². The minimum atomic E-state index is 0.0406. The molecule has 0 spiro atoms. The molecule has 3 rings (SSSR count). The molecule has 3 aromatic rings. The lowest BCUT2D eigenvalue weighted by molar-refractivity contribution is 0.0987. The van der Waals surface area contributed by atoms with Crippen molar-refractivity contribution in [3.63, 3.8) is 0 Å². The van der Waals surface area contributed by atoms with E-state index in [1.807, 2.05) is 28.5 Å². The van der Waals surface area contributed by atoms with Gasteiger partial charge < -0.3 is 4.90 Å². The van der Waals surface area contributed by atoms with Gasteiger partial charge in [0.15, 0.2) is 5.13 Å². The molecule has 0 atom stereocenters. The summed E-state index contributed by atoms with van der Waals surface area (Å²) in [5.74, 6) is 0.0406. The molecular formula is C19H23N3OS2. The van der Waals surface area contributed by atoms with Crippen molar-refractivity contribution in [1.29, 1.82) is 0 Å². The SMILES string of the molecule is CCN(CC)CCN(C(=O)c1cccs1)c1nc2c(C)cccc2s1. The van der Waals surface area contributed by atoms with Crippen molar-refractivity contribution in [2.45, 2.75) is 20.8 Å². The maximum absolute atomic E-state index is 13.0. The number of aryl methyl sites for hydroxylation is 1. The van der Waals surface area contributed by atoms with Gasteiger partial charge in [-0.25, -0.2) is 4.98 Å².